The van der Waals surface area contributed by atoms with Gasteiger partial charge in [0.15, 0.2) is 0 Å². The van der Waals surface area contributed by atoms with E-state index in [2.05, 4.69) is 4.98 Å². The van der Waals surface area contributed by atoms with E-state index in [1.807, 2.05) is 6.92 Å². The monoisotopic (exact) mass is 302 g/mol. The summed E-state index contributed by atoms with van der Waals surface area (Å²) in [6, 6.07) is 5.07. The number of nitrogens with zero attached hydrogens (tertiary/aromatic N) is 2. The molecular formula is C15H14N2O3S. The summed E-state index contributed by atoms with van der Waals surface area (Å²) in [5.74, 6) is -1.12. The minimum absolute atomic E-state index is 0.164. The van der Waals surface area contributed by atoms with E-state index < -0.39 is 5.97 Å². The molecule has 108 valence electrons. The van der Waals surface area contributed by atoms with E-state index in [4.69, 9.17) is 0 Å². The predicted octanol–water partition coefficient (Wildman–Crippen LogP) is 2.74. The lowest BCUT2D eigenvalue weighted by Crippen LogP contribution is -2.36. The number of carbonyl (C=O) groups excluding carboxylic acids is 1. The topological polar surface area (TPSA) is 70.5 Å². The first-order chi connectivity index (χ1) is 10.1. The first-order valence-corrected chi connectivity index (χ1v) is 7.55. The maximum Gasteiger partial charge on any atom is 0.336 e. The van der Waals surface area contributed by atoms with E-state index in [1.165, 1.54) is 11.3 Å². The quantitative estimate of drug-likeness (QED) is 0.926. The van der Waals surface area contributed by atoms with Gasteiger partial charge in [0.2, 0.25) is 0 Å². The van der Waals surface area contributed by atoms with Gasteiger partial charge in [-0.3, -0.25) is 4.79 Å². The minimum Gasteiger partial charge on any atom is -0.478 e. The van der Waals surface area contributed by atoms with Crippen LogP contribution in [0.2, 0.25) is 0 Å². The molecule has 1 N–H and O–H groups in total. The van der Waals surface area contributed by atoms with E-state index in [9.17, 15) is 14.7 Å². The second-order valence-corrected chi connectivity index (χ2v) is 5.98. The number of hydrogen-bond acceptors (Lipinski definition) is 4. The third-order valence-corrected chi connectivity index (χ3v) is 4.34. The molecule has 1 aromatic heterocycles. The van der Waals surface area contributed by atoms with Crippen molar-refractivity contribution in [3.05, 3.63) is 45.4 Å². The highest BCUT2D eigenvalue weighted by Gasteiger charge is 2.27. The van der Waals surface area contributed by atoms with Crippen molar-refractivity contribution in [2.24, 2.45) is 0 Å². The number of anilines is 1. The molecule has 6 heteroatoms. The maximum absolute atomic E-state index is 12.6. The third-order valence-electron chi connectivity index (χ3n) is 3.56. The number of amides is 1. The fraction of sp³-hybridized carbons (Fsp3) is 0.267. The lowest BCUT2D eigenvalue weighted by molar-refractivity contribution is 0.0695. The van der Waals surface area contributed by atoms with Crippen LogP contribution >= 0.6 is 11.3 Å². The zero-order chi connectivity index (χ0) is 15.0. The fourth-order valence-corrected chi connectivity index (χ4v) is 3.22. The highest BCUT2D eigenvalue weighted by Crippen LogP contribution is 2.31. The van der Waals surface area contributed by atoms with Crippen LogP contribution in [-0.4, -0.2) is 28.5 Å². The first kappa shape index (κ1) is 13.8. The lowest BCUT2D eigenvalue weighted by Gasteiger charge is -2.29. The van der Waals surface area contributed by atoms with Crippen molar-refractivity contribution in [2.45, 2.75) is 19.8 Å². The molecule has 0 radical (unpaired) electrons. The van der Waals surface area contributed by atoms with Gasteiger partial charge in [-0.2, -0.15) is 0 Å². The average Bonchev–Trinajstić information content (AvgIpc) is 2.91. The molecule has 5 nitrogen and oxygen atoms in total. The maximum atomic E-state index is 12.6. The molecule has 1 amide bonds. The molecule has 0 spiro atoms. The van der Waals surface area contributed by atoms with Gasteiger partial charge in [0, 0.05) is 17.6 Å². The van der Waals surface area contributed by atoms with Gasteiger partial charge in [-0.15, -0.1) is 11.3 Å². The number of fused-ring (bicyclic) bond motifs is 1. The Morgan fingerprint density at radius 2 is 2.19 bits per heavy atom. The Kier molecular flexibility index (Phi) is 3.47. The highest BCUT2D eigenvalue weighted by atomic mass is 32.1. The largest absolute Gasteiger partial charge is 0.478 e. The fourth-order valence-electron chi connectivity index (χ4n) is 2.64. The number of benzene rings is 1. The van der Waals surface area contributed by atoms with Crippen molar-refractivity contribution >= 4 is 28.9 Å². The third kappa shape index (κ3) is 2.42. The minimum atomic E-state index is -0.953. The van der Waals surface area contributed by atoms with Gasteiger partial charge in [0.05, 0.1) is 10.6 Å². The number of aromatic nitrogens is 1. The second-order valence-electron chi connectivity index (χ2n) is 4.92. The molecule has 1 aliphatic heterocycles. The van der Waals surface area contributed by atoms with Crippen molar-refractivity contribution in [1.29, 1.82) is 0 Å². The first-order valence-electron chi connectivity index (χ1n) is 6.67. The van der Waals surface area contributed by atoms with Crippen LogP contribution in [0.3, 0.4) is 0 Å². The number of aryl methyl sites for hydroxylation is 1. The number of rotatable bonds is 2. The van der Waals surface area contributed by atoms with Crippen LogP contribution in [0, 0.1) is 6.92 Å². The van der Waals surface area contributed by atoms with Crippen molar-refractivity contribution < 1.29 is 14.7 Å². The van der Waals surface area contributed by atoms with Gasteiger partial charge < -0.3 is 10.0 Å². The summed E-state index contributed by atoms with van der Waals surface area (Å²) in [5.41, 5.74) is 2.12. The number of aromatic carboxylic acids is 1. The molecule has 1 aromatic carbocycles. The van der Waals surface area contributed by atoms with Crippen LogP contribution in [0.25, 0.3) is 0 Å². The number of carbonyl (C=O) groups is 2. The van der Waals surface area contributed by atoms with Crippen molar-refractivity contribution in [3.63, 3.8) is 0 Å². The summed E-state index contributed by atoms with van der Waals surface area (Å²) in [4.78, 5) is 29.8. The van der Waals surface area contributed by atoms with Crippen LogP contribution in [0.4, 0.5) is 5.69 Å². The zero-order valence-corrected chi connectivity index (χ0v) is 12.3. The summed E-state index contributed by atoms with van der Waals surface area (Å²) >= 11 is 1.43. The van der Waals surface area contributed by atoms with Gasteiger partial charge in [-0.05, 0) is 37.5 Å². The molecule has 2 heterocycles. The van der Waals surface area contributed by atoms with Crippen molar-refractivity contribution in [2.75, 3.05) is 11.4 Å². The molecule has 0 aliphatic carbocycles. The average molecular weight is 302 g/mol. The SMILES string of the molecule is Cc1nc(C(=O)N2CCCc3c(C(=O)O)cccc32)cs1. The summed E-state index contributed by atoms with van der Waals surface area (Å²) in [7, 11) is 0. The van der Waals surface area contributed by atoms with Crippen molar-refractivity contribution in [3.8, 4) is 0 Å². The van der Waals surface area contributed by atoms with Gasteiger partial charge in [0.25, 0.3) is 5.91 Å². The Hall–Kier alpha value is -2.21. The number of carboxylic acid groups (broad SMARTS) is 1. The Morgan fingerprint density at radius 3 is 2.86 bits per heavy atom. The van der Waals surface area contributed by atoms with Crippen LogP contribution in [0.1, 0.15) is 37.8 Å². The lowest BCUT2D eigenvalue weighted by atomic mass is 9.96. The molecule has 2 aromatic rings. The molecule has 0 saturated heterocycles. The smallest absolute Gasteiger partial charge is 0.336 e. The molecule has 21 heavy (non-hydrogen) atoms. The van der Waals surface area contributed by atoms with E-state index in [1.54, 1.807) is 28.5 Å². The predicted molar refractivity (Wildman–Crippen MR) is 80.2 cm³/mol. The molecular weight excluding hydrogens is 288 g/mol. The van der Waals surface area contributed by atoms with Gasteiger partial charge in [0.1, 0.15) is 5.69 Å². The molecule has 3 rings (SSSR count). The van der Waals surface area contributed by atoms with Crippen LogP contribution in [-0.2, 0) is 6.42 Å². The van der Waals surface area contributed by atoms with Gasteiger partial charge in [-0.1, -0.05) is 6.07 Å². The van der Waals surface area contributed by atoms with Gasteiger partial charge >= 0.3 is 5.97 Å². The summed E-state index contributed by atoms with van der Waals surface area (Å²) < 4.78 is 0. The Morgan fingerprint density at radius 1 is 1.38 bits per heavy atom. The Bertz CT molecular complexity index is 723. The number of thiazole rings is 1. The summed E-state index contributed by atoms with van der Waals surface area (Å²) in [5, 5.41) is 11.9. The molecule has 0 fully saturated rings. The highest BCUT2D eigenvalue weighted by molar-refractivity contribution is 7.09. The number of hydrogen-bond donors (Lipinski definition) is 1. The van der Waals surface area contributed by atoms with Crippen LogP contribution < -0.4 is 4.90 Å². The summed E-state index contributed by atoms with van der Waals surface area (Å²) in [6.07, 6.45) is 1.43. The van der Waals surface area contributed by atoms with E-state index in [0.717, 1.165) is 17.0 Å². The van der Waals surface area contributed by atoms with E-state index >= 15 is 0 Å². The molecule has 0 bridgehead atoms. The van der Waals surface area contributed by atoms with E-state index in [0.29, 0.717) is 24.3 Å². The standard InChI is InChI=1S/C15H14N2O3S/c1-9-16-12(8-21-9)14(18)17-7-3-5-10-11(15(19)20)4-2-6-13(10)17/h2,4,6,8H,3,5,7H2,1H3,(H,19,20). The summed E-state index contributed by atoms with van der Waals surface area (Å²) in [6.45, 7) is 2.44. The van der Waals surface area contributed by atoms with Crippen LogP contribution in [0.5, 0.6) is 0 Å². The molecule has 1 aliphatic rings. The van der Waals surface area contributed by atoms with E-state index in [-0.39, 0.29) is 11.5 Å². The van der Waals surface area contributed by atoms with Crippen LogP contribution in [0.15, 0.2) is 23.6 Å². The molecule has 0 unspecified atom stereocenters. The Labute approximate surface area is 125 Å². The Balaban J connectivity index is 2.03. The molecule has 0 saturated carbocycles. The number of carboxylic acids is 1. The van der Waals surface area contributed by atoms with Gasteiger partial charge in [-0.25, -0.2) is 9.78 Å². The van der Waals surface area contributed by atoms with Crippen molar-refractivity contribution in [1.82, 2.24) is 4.98 Å². The molecule has 0 atom stereocenters. The second kappa shape index (κ2) is 5.29. The normalized spacial score (nSPS) is 13.9. The zero-order valence-electron chi connectivity index (χ0n) is 11.5.